The number of aromatic nitrogens is 4. The number of hydrogen-bond acceptors (Lipinski definition) is 5. The van der Waals surface area contributed by atoms with Gasteiger partial charge in [0, 0.05) is 7.05 Å². The van der Waals surface area contributed by atoms with Crippen LogP contribution in [0.3, 0.4) is 0 Å². The first kappa shape index (κ1) is 8.90. The SMILES string of the molecule is CNc1nc(-c2ccco2)c2[nH]cnc2n1. The van der Waals surface area contributed by atoms with Gasteiger partial charge in [-0.15, -0.1) is 0 Å². The van der Waals surface area contributed by atoms with Crippen LogP contribution in [0.4, 0.5) is 5.95 Å². The average molecular weight is 215 g/mol. The monoisotopic (exact) mass is 215 g/mol. The molecular formula is C10H9N5O. The molecule has 0 amide bonds. The summed E-state index contributed by atoms with van der Waals surface area (Å²) in [7, 11) is 1.76. The Morgan fingerprint density at radius 2 is 2.31 bits per heavy atom. The molecule has 3 aromatic heterocycles. The molecule has 0 aromatic carbocycles. The molecule has 16 heavy (non-hydrogen) atoms. The van der Waals surface area contributed by atoms with Crippen LogP contribution >= 0.6 is 0 Å². The molecule has 0 fully saturated rings. The second-order valence-corrected chi connectivity index (χ2v) is 3.22. The molecule has 0 spiro atoms. The fourth-order valence-corrected chi connectivity index (χ4v) is 1.54. The first-order valence-corrected chi connectivity index (χ1v) is 4.81. The van der Waals surface area contributed by atoms with Crippen molar-refractivity contribution in [3.63, 3.8) is 0 Å². The number of nitrogens with zero attached hydrogens (tertiary/aromatic N) is 3. The van der Waals surface area contributed by atoms with Crippen LogP contribution in [-0.2, 0) is 0 Å². The number of rotatable bonds is 2. The van der Waals surface area contributed by atoms with E-state index in [0.717, 1.165) is 5.52 Å². The Morgan fingerprint density at radius 3 is 3.06 bits per heavy atom. The van der Waals surface area contributed by atoms with E-state index in [0.29, 0.717) is 23.0 Å². The van der Waals surface area contributed by atoms with Crippen molar-refractivity contribution < 1.29 is 4.42 Å². The van der Waals surface area contributed by atoms with E-state index in [1.165, 1.54) is 0 Å². The number of aromatic amines is 1. The van der Waals surface area contributed by atoms with Crippen molar-refractivity contribution in [1.29, 1.82) is 0 Å². The number of furan rings is 1. The fraction of sp³-hybridized carbons (Fsp3) is 0.100. The lowest BCUT2D eigenvalue weighted by Gasteiger charge is -2.01. The first-order valence-electron chi connectivity index (χ1n) is 4.81. The van der Waals surface area contributed by atoms with E-state index < -0.39 is 0 Å². The van der Waals surface area contributed by atoms with Gasteiger partial charge in [-0.1, -0.05) is 0 Å². The lowest BCUT2D eigenvalue weighted by atomic mass is 10.3. The molecule has 3 heterocycles. The molecular weight excluding hydrogens is 206 g/mol. The zero-order valence-corrected chi connectivity index (χ0v) is 8.56. The Morgan fingerprint density at radius 1 is 1.38 bits per heavy atom. The second kappa shape index (κ2) is 3.34. The molecule has 0 radical (unpaired) electrons. The molecule has 6 nitrogen and oxygen atoms in total. The minimum atomic E-state index is 0.519. The van der Waals surface area contributed by atoms with Crippen LogP contribution in [0.25, 0.3) is 22.6 Å². The van der Waals surface area contributed by atoms with Gasteiger partial charge in [-0.2, -0.15) is 4.98 Å². The van der Waals surface area contributed by atoms with E-state index in [2.05, 4.69) is 25.3 Å². The summed E-state index contributed by atoms with van der Waals surface area (Å²) in [6, 6.07) is 3.67. The summed E-state index contributed by atoms with van der Waals surface area (Å²) < 4.78 is 5.33. The van der Waals surface area contributed by atoms with Crippen LogP contribution in [0.5, 0.6) is 0 Å². The number of nitrogens with one attached hydrogen (secondary N) is 2. The quantitative estimate of drug-likeness (QED) is 0.679. The topological polar surface area (TPSA) is 79.6 Å². The van der Waals surface area contributed by atoms with Crippen LogP contribution in [0, 0.1) is 0 Å². The van der Waals surface area contributed by atoms with Crippen molar-refractivity contribution in [2.45, 2.75) is 0 Å². The molecule has 3 aromatic rings. The van der Waals surface area contributed by atoms with Gasteiger partial charge in [0.1, 0.15) is 11.2 Å². The molecule has 0 aliphatic heterocycles. The molecule has 3 rings (SSSR count). The van der Waals surface area contributed by atoms with E-state index in [1.807, 2.05) is 12.1 Å². The van der Waals surface area contributed by atoms with Crippen molar-refractivity contribution in [2.24, 2.45) is 0 Å². The number of H-pyrrole nitrogens is 1. The molecule has 0 saturated carbocycles. The third-order valence-corrected chi connectivity index (χ3v) is 2.26. The van der Waals surface area contributed by atoms with Crippen molar-refractivity contribution in [3.8, 4) is 11.5 Å². The van der Waals surface area contributed by atoms with Gasteiger partial charge in [0.25, 0.3) is 0 Å². The van der Waals surface area contributed by atoms with Crippen molar-refractivity contribution in [3.05, 3.63) is 24.7 Å². The van der Waals surface area contributed by atoms with E-state index in [1.54, 1.807) is 19.6 Å². The Bertz CT molecular complexity index is 613. The largest absolute Gasteiger partial charge is 0.463 e. The Kier molecular flexibility index (Phi) is 1.86. The summed E-state index contributed by atoms with van der Waals surface area (Å²) in [5.74, 6) is 1.21. The van der Waals surface area contributed by atoms with E-state index >= 15 is 0 Å². The fourth-order valence-electron chi connectivity index (χ4n) is 1.54. The highest BCUT2D eigenvalue weighted by atomic mass is 16.3. The second-order valence-electron chi connectivity index (χ2n) is 3.22. The summed E-state index contributed by atoms with van der Waals surface area (Å²) in [6.07, 6.45) is 3.20. The smallest absolute Gasteiger partial charge is 0.225 e. The maximum Gasteiger partial charge on any atom is 0.225 e. The Hall–Kier alpha value is -2.37. The number of anilines is 1. The van der Waals surface area contributed by atoms with E-state index in [-0.39, 0.29) is 0 Å². The molecule has 0 aliphatic carbocycles. The summed E-state index contributed by atoms with van der Waals surface area (Å²) in [5, 5.41) is 2.89. The molecule has 80 valence electrons. The lowest BCUT2D eigenvalue weighted by Crippen LogP contribution is -1.98. The van der Waals surface area contributed by atoms with Crippen LogP contribution in [0.2, 0.25) is 0 Å². The third kappa shape index (κ3) is 1.23. The lowest BCUT2D eigenvalue weighted by molar-refractivity contribution is 0.580. The van der Waals surface area contributed by atoms with Crippen molar-refractivity contribution in [1.82, 2.24) is 19.9 Å². The van der Waals surface area contributed by atoms with Crippen molar-refractivity contribution in [2.75, 3.05) is 12.4 Å². The van der Waals surface area contributed by atoms with Gasteiger partial charge in [0.05, 0.1) is 12.6 Å². The first-order chi connectivity index (χ1) is 7.88. The maximum absolute atomic E-state index is 5.33. The normalized spacial score (nSPS) is 10.8. The van der Waals surface area contributed by atoms with Gasteiger partial charge >= 0.3 is 0 Å². The summed E-state index contributed by atoms with van der Waals surface area (Å²) >= 11 is 0. The maximum atomic E-state index is 5.33. The highest BCUT2D eigenvalue weighted by Crippen LogP contribution is 2.25. The molecule has 0 unspecified atom stereocenters. The summed E-state index contributed by atoms with van der Waals surface area (Å²) in [6.45, 7) is 0. The average Bonchev–Trinajstić information content (AvgIpc) is 2.98. The minimum absolute atomic E-state index is 0.519. The van der Waals surface area contributed by atoms with Gasteiger partial charge in [0.15, 0.2) is 11.4 Å². The van der Waals surface area contributed by atoms with Crippen LogP contribution in [0.1, 0.15) is 0 Å². The standard InChI is InChI=1S/C10H9N5O/c1-11-10-14-7(6-3-2-4-16-6)8-9(15-10)13-5-12-8/h2-5H,1H3,(H2,11,12,13,14,15). The summed E-state index contributed by atoms with van der Waals surface area (Å²) in [5.41, 5.74) is 2.09. The predicted molar refractivity (Wildman–Crippen MR) is 58.9 cm³/mol. The van der Waals surface area contributed by atoms with Gasteiger partial charge in [-0.3, -0.25) is 0 Å². The Balaban J connectivity index is 2.33. The van der Waals surface area contributed by atoms with Gasteiger partial charge in [-0.25, -0.2) is 9.97 Å². The van der Waals surface area contributed by atoms with E-state index in [4.69, 9.17) is 4.42 Å². The number of fused-ring (bicyclic) bond motifs is 1. The van der Waals surface area contributed by atoms with Gasteiger partial charge in [-0.05, 0) is 12.1 Å². The van der Waals surface area contributed by atoms with Crippen LogP contribution < -0.4 is 5.32 Å². The molecule has 0 saturated heterocycles. The molecule has 6 heteroatoms. The highest BCUT2D eigenvalue weighted by molar-refractivity contribution is 5.86. The molecule has 2 N–H and O–H groups in total. The highest BCUT2D eigenvalue weighted by Gasteiger charge is 2.12. The number of imidazole rings is 1. The van der Waals surface area contributed by atoms with Crippen LogP contribution in [0.15, 0.2) is 29.1 Å². The summed E-state index contributed by atoms with van der Waals surface area (Å²) in [4.78, 5) is 15.7. The van der Waals surface area contributed by atoms with E-state index in [9.17, 15) is 0 Å². The Labute approximate surface area is 90.7 Å². The minimum Gasteiger partial charge on any atom is -0.463 e. The zero-order valence-electron chi connectivity index (χ0n) is 8.56. The predicted octanol–water partition coefficient (Wildman–Crippen LogP) is 1.65. The number of hydrogen-bond donors (Lipinski definition) is 2. The molecule has 0 aliphatic rings. The molecule has 0 atom stereocenters. The van der Waals surface area contributed by atoms with Crippen molar-refractivity contribution >= 4 is 17.1 Å². The van der Waals surface area contributed by atoms with Gasteiger partial charge < -0.3 is 14.7 Å². The zero-order chi connectivity index (χ0) is 11.0. The van der Waals surface area contributed by atoms with Crippen LogP contribution in [-0.4, -0.2) is 27.0 Å². The third-order valence-electron chi connectivity index (χ3n) is 2.26. The van der Waals surface area contributed by atoms with Gasteiger partial charge in [0.2, 0.25) is 5.95 Å². The molecule has 0 bridgehead atoms.